The number of carbonyl (C=O) groups is 2. The summed E-state index contributed by atoms with van der Waals surface area (Å²) in [6.45, 7) is 0. The van der Waals surface area contributed by atoms with Crippen LogP contribution in [0.15, 0.2) is 87.5 Å². The van der Waals surface area contributed by atoms with E-state index in [1.54, 1.807) is 42.5 Å². The number of hydrogen-bond acceptors (Lipinski definition) is 7. The molecule has 172 valence electrons. The molecular weight excluding hydrogens is 520 g/mol. The number of para-hydroxylation sites is 1. The fourth-order valence-corrected chi connectivity index (χ4v) is 4.51. The highest BCUT2D eigenvalue weighted by molar-refractivity contribution is 9.10. The average Bonchev–Trinajstić information content (AvgIpc) is 3.12. The lowest BCUT2D eigenvalue weighted by atomic mass is 10.2. The van der Waals surface area contributed by atoms with E-state index >= 15 is 0 Å². The third kappa shape index (κ3) is 5.64. The molecule has 2 amide bonds. The van der Waals surface area contributed by atoms with Crippen LogP contribution in [-0.4, -0.2) is 38.7 Å². The number of phenols is 2. The molecule has 0 saturated carbocycles. The lowest BCUT2D eigenvalue weighted by Crippen LogP contribution is -2.33. The summed E-state index contributed by atoms with van der Waals surface area (Å²) in [6, 6.07) is 19.9. The molecule has 4 rings (SSSR count). The van der Waals surface area contributed by atoms with Crippen LogP contribution in [0.25, 0.3) is 0 Å². The zero-order valence-corrected chi connectivity index (χ0v) is 20.0. The van der Waals surface area contributed by atoms with Crippen molar-refractivity contribution in [3.8, 4) is 11.5 Å². The second-order valence-electron chi connectivity index (χ2n) is 7.24. The van der Waals surface area contributed by atoms with E-state index in [0.717, 1.165) is 16.2 Å². The zero-order valence-electron chi connectivity index (χ0n) is 17.6. The first kappa shape index (κ1) is 23.5. The van der Waals surface area contributed by atoms with E-state index in [9.17, 15) is 19.8 Å². The third-order valence-corrected chi connectivity index (χ3v) is 6.47. The van der Waals surface area contributed by atoms with Crippen LogP contribution in [0.5, 0.6) is 11.5 Å². The van der Waals surface area contributed by atoms with Crippen LogP contribution in [-0.2, 0) is 9.59 Å². The van der Waals surface area contributed by atoms with Crippen LogP contribution in [0.2, 0.25) is 0 Å². The van der Waals surface area contributed by atoms with Gasteiger partial charge in [0, 0.05) is 22.1 Å². The Balaban J connectivity index is 1.55. The van der Waals surface area contributed by atoms with E-state index in [4.69, 9.17) is 0 Å². The van der Waals surface area contributed by atoms with Gasteiger partial charge >= 0.3 is 0 Å². The fourth-order valence-electron chi connectivity index (χ4n) is 3.16. The number of benzene rings is 3. The summed E-state index contributed by atoms with van der Waals surface area (Å²) < 4.78 is 0.891. The quantitative estimate of drug-likeness (QED) is 0.310. The number of nitrogens with zero attached hydrogens (tertiary/aromatic N) is 3. The number of rotatable bonds is 6. The Hall–Kier alpha value is -3.63. The Morgan fingerprint density at radius 2 is 1.76 bits per heavy atom. The standard InChI is InChI=1S/C24H19BrN4O4S/c25-16-5-7-17(8-6-16)27-22(32)13-21-23(33)29(18-9-11-19(30)12-10-18)24(34-21)28-26-14-15-3-1-2-4-20(15)31/h1-12,14,21,30-31H,13H2,(H,27,32). The van der Waals surface area contributed by atoms with Gasteiger partial charge in [-0.3, -0.25) is 14.5 Å². The van der Waals surface area contributed by atoms with Crippen LogP contribution in [0.1, 0.15) is 12.0 Å². The van der Waals surface area contributed by atoms with Crippen LogP contribution in [0.4, 0.5) is 11.4 Å². The van der Waals surface area contributed by atoms with Crippen molar-refractivity contribution >= 4 is 62.3 Å². The first-order chi connectivity index (χ1) is 16.4. The van der Waals surface area contributed by atoms with Crippen molar-refractivity contribution in [1.29, 1.82) is 0 Å². The molecule has 1 fully saturated rings. The lowest BCUT2D eigenvalue weighted by molar-refractivity contribution is -0.121. The number of aromatic hydroxyl groups is 2. The van der Waals surface area contributed by atoms with E-state index in [2.05, 4.69) is 31.4 Å². The maximum atomic E-state index is 13.2. The van der Waals surface area contributed by atoms with E-state index in [1.165, 1.54) is 29.3 Å². The zero-order chi connectivity index (χ0) is 24.1. The number of thioether (sulfide) groups is 1. The number of halogens is 1. The van der Waals surface area contributed by atoms with Crippen molar-refractivity contribution in [2.75, 3.05) is 10.2 Å². The molecule has 1 unspecified atom stereocenters. The molecule has 1 aliphatic heterocycles. The molecule has 1 saturated heterocycles. The molecule has 34 heavy (non-hydrogen) atoms. The van der Waals surface area contributed by atoms with Crippen molar-refractivity contribution in [2.24, 2.45) is 10.2 Å². The summed E-state index contributed by atoms with van der Waals surface area (Å²) in [5.41, 5.74) is 1.59. The number of amides is 2. The number of carbonyl (C=O) groups excluding carboxylic acids is 2. The van der Waals surface area contributed by atoms with E-state index in [1.807, 2.05) is 12.1 Å². The molecule has 3 aromatic carbocycles. The van der Waals surface area contributed by atoms with Gasteiger partial charge in [0.25, 0.3) is 0 Å². The molecular formula is C24H19BrN4O4S. The molecule has 0 bridgehead atoms. The van der Waals surface area contributed by atoms with Gasteiger partial charge in [0.15, 0.2) is 5.17 Å². The Morgan fingerprint density at radius 3 is 2.47 bits per heavy atom. The van der Waals surface area contributed by atoms with Gasteiger partial charge in [0.2, 0.25) is 11.8 Å². The SMILES string of the molecule is O=C(CC1SC(=NN=Cc2ccccc2O)N(c2ccc(O)cc2)C1=O)Nc1ccc(Br)cc1. The molecule has 0 aromatic heterocycles. The van der Waals surface area contributed by atoms with Crippen molar-refractivity contribution in [1.82, 2.24) is 0 Å². The molecule has 1 aliphatic rings. The Morgan fingerprint density at radius 1 is 1.06 bits per heavy atom. The number of hydrogen-bond donors (Lipinski definition) is 3. The smallest absolute Gasteiger partial charge is 0.247 e. The third-order valence-electron chi connectivity index (χ3n) is 4.82. The summed E-state index contributed by atoms with van der Waals surface area (Å²) in [6.07, 6.45) is 1.33. The van der Waals surface area contributed by atoms with E-state index in [0.29, 0.717) is 16.9 Å². The second kappa shape index (κ2) is 10.5. The van der Waals surface area contributed by atoms with Gasteiger partial charge in [-0.1, -0.05) is 39.8 Å². The van der Waals surface area contributed by atoms with E-state index in [-0.39, 0.29) is 34.9 Å². The number of amidine groups is 1. The molecule has 3 aromatic rings. The Labute approximate surface area is 208 Å². The maximum absolute atomic E-state index is 13.2. The predicted molar refractivity (Wildman–Crippen MR) is 137 cm³/mol. The second-order valence-corrected chi connectivity index (χ2v) is 9.33. The maximum Gasteiger partial charge on any atom is 0.247 e. The van der Waals surface area contributed by atoms with Crippen LogP contribution >= 0.6 is 27.7 Å². The average molecular weight is 539 g/mol. The minimum absolute atomic E-state index is 0.0551. The fraction of sp³-hybridized carbons (Fsp3) is 0.0833. The highest BCUT2D eigenvalue weighted by atomic mass is 79.9. The molecule has 1 atom stereocenters. The van der Waals surface area contributed by atoms with Gasteiger partial charge < -0.3 is 15.5 Å². The van der Waals surface area contributed by atoms with Crippen LogP contribution in [0.3, 0.4) is 0 Å². The molecule has 1 heterocycles. The van der Waals surface area contributed by atoms with Gasteiger partial charge in [-0.15, -0.1) is 5.10 Å². The molecule has 3 N–H and O–H groups in total. The number of nitrogens with one attached hydrogen (secondary N) is 1. The van der Waals surface area contributed by atoms with Crippen LogP contribution < -0.4 is 10.2 Å². The molecule has 10 heteroatoms. The first-order valence-electron chi connectivity index (χ1n) is 10.1. The summed E-state index contributed by atoms with van der Waals surface area (Å²) in [5, 5.41) is 30.1. The number of anilines is 2. The normalized spacial score (nSPS) is 17.0. The van der Waals surface area contributed by atoms with Gasteiger partial charge in [0.05, 0.1) is 11.9 Å². The largest absolute Gasteiger partial charge is 0.508 e. The predicted octanol–water partition coefficient (Wildman–Crippen LogP) is 4.73. The summed E-state index contributed by atoms with van der Waals surface area (Å²) >= 11 is 4.48. The molecule has 8 nitrogen and oxygen atoms in total. The summed E-state index contributed by atoms with van der Waals surface area (Å²) in [4.78, 5) is 27.2. The van der Waals surface area contributed by atoms with Gasteiger partial charge in [-0.05, 0) is 60.7 Å². The highest BCUT2D eigenvalue weighted by Crippen LogP contribution is 2.34. The van der Waals surface area contributed by atoms with Crippen molar-refractivity contribution < 1.29 is 19.8 Å². The minimum Gasteiger partial charge on any atom is -0.508 e. The summed E-state index contributed by atoms with van der Waals surface area (Å²) in [5.74, 6) is -0.514. The van der Waals surface area contributed by atoms with Gasteiger partial charge in [-0.2, -0.15) is 5.10 Å². The highest BCUT2D eigenvalue weighted by Gasteiger charge is 2.40. The van der Waals surface area contributed by atoms with Gasteiger partial charge in [0.1, 0.15) is 16.7 Å². The Kier molecular flexibility index (Phi) is 7.29. The minimum atomic E-state index is -0.705. The first-order valence-corrected chi connectivity index (χ1v) is 11.8. The van der Waals surface area contributed by atoms with Gasteiger partial charge in [-0.25, -0.2) is 0 Å². The Bertz CT molecular complexity index is 1260. The number of phenolic OH excluding ortho intramolecular Hbond substituents is 2. The van der Waals surface area contributed by atoms with Crippen molar-refractivity contribution in [3.63, 3.8) is 0 Å². The monoisotopic (exact) mass is 538 g/mol. The summed E-state index contributed by atoms with van der Waals surface area (Å²) in [7, 11) is 0. The van der Waals surface area contributed by atoms with Crippen LogP contribution in [0, 0.1) is 0 Å². The molecule has 0 aliphatic carbocycles. The molecule has 0 radical (unpaired) electrons. The molecule has 0 spiro atoms. The van der Waals surface area contributed by atoms with Crippen molar-refractivity contribution in [3.05, 3.63) is 82.8 Å². The lowest BCUT2D eigenvalue weighted by Gasteiger charge is -2.16. The van der Waals surface area contributed by atoms with Crippen molar-refractivity contribution in [2.45, 2.75) is 11.7 Å². The topological polar surface area (TPSA) is 115 Å². The van der Waals surface area contributed by atoms with E-state index < -0.39 is 5.25 Å².